The number of anilines is 1. The van der Waals surface area contributed by atoms with Gasteiger partial charge in [-0.3, -0.25) is 4.79 Å². The van der Waals surface area contributed by atoms with Gasteiger partial charge in [0, 0.05) is 29.8 Å². The Labute approximate surface area is 97.3 Å². The van der Waals surface area contributed by atoms with E-state index in [1.165, 1.54) is 11.3 Å². The number of carbonyl (C=O) groups is 1. The highest BCUT2D eigenvalue weighted by Gasteiger charge is 2.27. The van der Waals surface area contributed by atoms with E-state index < -0.39 is 0 Å². The summed E-state index contributed by atoms with van der Waals surface area (Å²) in [6, 6.07) is 6.59. The van der Waals surface area contributed by atoms with Crippen LogP contribution in [0, 0.1) is 0 Å². The van der Waals surface area contributed by atoms with Crippen LogP contribution in [0.3, 0.4) is 0 Å². The average molecular weight is 217 g/mol. The number of benzene rings is 1. The van der Waals surface area contributed by atoms with Gasteiger partial charge < -0.3 is 4.90 Å². The molecule has 0 saturated carbocycles. The van der Waals surface area contributed by atoms with Gasteiger partial charge in [-0.25, -0.2) is 0 Å². The molecule has 0 N–H and O–H groups in total. The lowest BCUT2D eigenvalue weighted by Gasteiger charge is -2.24. The summed E-state index contributed by atoms with van der Waals surface area (Å²) >= 11 is 0. The molecular weight excluding hydrogens is 198 g/mol. The van der Waals surface area contributed by atoms with Crippen LogP contribution < -0.4 is 4.90 Å². The van der Waals surface area contributed by atoms with Gasteiger partial charge in [-0.05, 0) is 32.4 Å². The number of hydrogen-bond donors (Lipinski definition) is 0. The lowest BCUT2D eigenvalue weighted by atomic mass is 10.0. The first kappa shape index (κ1) is 11.2. The van der Waals surface area contributed by atoms with Crippen molar-refractivity contribution in [3.8, 4) is 0 Å². The molecule has 0 bridgehead atoms. The summed E-state index contributed by atoms with van der Waals surface area (Å²) in [5.41, 5.74) is 3.44. The summed E-state index contributed by atoms with van der Waals surface area (Å²) in [6.07, 6.45) is 0. The molecule has 1 heterocycles. The van der Waals surface area contributed by atoms with E-state index in [2.05, 4.69) is 31.7 Å². The van der Waals surface area contributed by atoms with Gasteiger partial charge in [-0.2, -0.15) is 0 Å². The van der Waals surface area contributed by atoms with Crippen LogP contribution in [-0.2, 0) is 0 Å². The molecule has 0 amide bonds. The number of nitrogens with zero attached hydrogens (tertiary/aromatic N) is 1. The first-order valence-electron chi connectivity index (χ1n) is 5.92. The number of hydrogen-bond acceptors (Lipinski definition) is 2. The molecular formula is C14H19NO. The Hall–Kier alpha value is -1.31. The van der Waals surface area contributed by atoms with E-state index in [1.807, 2.05) is 12.1 Å². The Bertz CT molecular complexity index is 423. The maximum atomic E-state index is 11.4. The molecule has 2 rings (SSSR count). The fourth-order valence-electron chi connectivity index (χ4n) is 2.41. The van der Waals surface area contributed by atoms with Crippen molar-refractivity contribution in [3.05, 3.63) is 29.3 Å². The molecule has 0 aromatic heterocycles. The van der Waals surface area contributed by atoms with E-state index in [9.17, 15) is 4.79 Å². The summed E-state index contributed by atoms with van der Waals surface area (Å²) in [7, 11) is 0. The van der Waals surface area contributed by atoms with Gasteiger partial charge in [0.1, 0.15) is 0 Å². The zero-order chi connectivity index (χ0) is 11.9. The molecule has 2 nitrogen and oxygen atoms in total. The van der Waals surface area contributed by atoms with Crippen molar-refractivity contribution in [2.24, 2.45) is 0 Å². The van der Waals surface area contributed by atoms with Crippen LogP contribution in [0.15, 0.2) is 18.2 Å². The van der Waals surface area contributed by atoms with Crippen LogP contribution in [0.4, 0.5) is 5.69 Å². The maximum absolute atomic E-state index is 11.4. The summed E-state index contributed by atoms with van der Waals surface area (Å²) in [5.74, 6) is 0.712. The summed E-state index contributed by atoms with van der Waals surface area (Å²) in [4.78, 5) is 13.8. The highest BCUT2D eigenvalue weighted by atomic mass is 16.1. The van der Waals surface area contributed by atoms with Crippen molar-refractivity contribution < 1.29 is 4.79 Å². The molecule has 1 unspecified atom stereocenters. The Kier molecular flexibility index (Phi) is 2.75. The van der Waals surface area contributed by atoms with Crippen LogP contribution in [0.1, 0.15) is 49.5 Å². The van der Waals surface area contributed by atoms with Crippen molar-refractivity contribution in [1.29, 1.82) is 0 Å². The fourth-order valence-corrected chi connectivity index (χ4v) is 2.41. The van der Waals surface area contributed by atoms with Gasteiger partial charge in [0.2, 0.25) is 0 Å². The largest absolute Gasteiger partial charge is 0.368 e. The average Bonchev–Trinajstić information content (AvgIpc) is 2.56. The second kappa shape index (κ2) is 3.93. The van der Waals surface area contributed by atoms with E-state index >= 15 is 0 Å². The van der Waals surface area contributed by atoms with Gasteiger partial charge in [0.25, 0.3) is 0 Å². The maximum Gasteiger partial charge on any atom is 0.159 e. The third kappa shape index (κ3) is 1.73. The molecule has 1 aliphatic rings. The molecule has 0 radical (unpaired) electrons. The van der Waals surface area contributed by atoms with Crippen molar-refractivity contribution in [1.82, 2.24) is 0 Å². The molecule has 1 atom stereocenters. The van der Waals surface area contributed by atoms with Gasteiger partial charge in [-0.15, -0.1) is 0 Å². The molecule has 0 fully saturated rings. The predicted octanol–water partition coefficient (Wildman–Crippen LogP) is 3.22. The fraction of sp³-hybridized carbons (Fsp3) is 0.500. The van der Waals surface area contributed by atoms with E-state index in [-0.39, 0.29) is 5.78 Å². The second-order valence-electron chi connectivity index (χ2n) is 4.98. The van der Waals surface area contributed by atoms with E-state index in [0.717, 1.165) is 12.1 Å². The van der Waals surface area contributed by atoms with Crippen LogP contribution in [0.25, 0.3) is 0 Å². The van der Waals surface area contributed by atoms with Crippen molar-refractivity contribution >= 4 is 11.5 Å². The SMILES string of the molecule is CC(=O)c1ccc2c(c1)N(C(C)C)CC2C. The Morgan fingerprint density at radius 1 is 1.44 bits per heavy atom. The quantitative estimate of drug-likeness (QED) is 0.709. The predicted molar refractivity (Wildman–Crippen MR) is 67.3 cm³/mol. The molecule has 2 heteroatoms. The monoisotopic (exact) mass is 217 g/mol. The van der Waals surface area contributed by atoms with E-state index in [1.54, 1.807) is 6.92 Å². The van der Waals surface area contributed by atoms with Crippen LogP contribution in [0.2, 0.25) is 0 Å². The Morgan fingerprint density at radius 2 is 2.12 bits per heavy atom. The molecule has 86 valence electrons. The Morgan fingerprint density at radius 3 is 2.69 bits per heavy atom. The van der Waals surface area contributed by atoms with Gasteiger partial charge in [0.15, 0.2) is 5.78 Å². The third-order valence-electron chi connectivity index (χ3n) is 3.37. The van der Waals surface area contributed by atoms with Gasteiger partial charge in [0.05, 0.1) is 0 Å². The molecule has 1 aromatic rings. The standard InChI is InChI=1S/C14H19NO/c1-9(2)15-8-10(3)13-6-5-12(11(4)16)7-14(13)15/h5-7,9-10H,8H2,1-4H3. The number of ketones is 1. The zero-order valence-corrected chi connectivity index (χ0v) is 10.4. The van der Waals surface area contributed by atoms with E-state index in [4.69, 9.17) is 0 Å². The number of Topliss-reactive ketones (excluding diaryl/α,β-unsaturated/α-hetero) is 1. The summed E-state index contributed by atoms with van der Waals surface area (Å²) < 4.78 is 0. The molecule has 0 spiro atoms. The molecule has 0 saturated heterocycles. The van der Waals surface area contributed by atoms with Gasteiger partial charge >= 0.3 is 0 Å². The zero-order valence-electron chi connectivity index (χ0n) is 10.4. The van der Waals surface area contributed by atoms with Crippen molar-refractivity contribution in [2.75, 3.05) is 11.4 Å². The second-order valence-corrected chi connectivity index (χ2v) is 4.98. The number of rotatable bonds is 2. The summed E-state index contributed by atoms with van der Waals surface area (Å²) in [6.45, 7) is 9.33. The smallest absolute Gasteiger partial charge is 0.159 e. The van der Waals surface area contributed by atoms with E-state index in [0.29, 0.717) is 12.0 Å². The van der Waals surface area contributed by atoms with Crippen LogP contribution in [0.5, 0.6) is 0 Å². The first-order chi connectivity index (χ1) is 7.50. The first-order valence-corrected chi connectivity index (χ1v) is 5.92. The lowest BCUT2D eigenvalue weighted by molar-refractivity contribution is 0.101. The minimum absolute atomic E-state index is 0.144. The topological polar surface area (TPSA) is 20.3 Å². The highest BCUT2D eigenvalue weighted by Crippen LogP contribution is 2.37. The normalized spacial score (nSPS) is 19.1. The minimum atomic E-state index is 0.144. The molecule has 16 heavy (non-hydrogen) atoms. The highest BCUT2D eigenvalue weighted by molar-refractivity contribution is 5.95. The van der Waals surface area contributed by atoms with Crippen LogP contribution >= 0.6 is 0 Å². The molecule has 1 aliphatic heterocycles. The number of carbonyl (C=O) groups excluding carboxylic acids is 1. The van der Waals surface area contributed by atoms with Crippen molar-refractivity contribution in [2.45, 2.75) is 39.7 Å². The lowest BCUT2D eigenvalue weighted by Crippen LogP contribution is -2.29. The summed E-state index contributed by atoms with van der Waals surface area (Å²) in [5, 5.41) is 0. The Balaban J connectivity index is 2.47. The third-order valence-corrected chi connectivity index (χ3v) is 3.37. The molecule has 0 aliphatic carbocycles. The van der Waals surface area contributed by atoms with Crippen molar-refractivity contribution in [3.63, 3.8) is 0 Å². The van der Waals surface area contributed by atoms with Crippen LogP contribution in [-0.4, -0.2) is 18.4 Å². The number of fused-ring (bicyclic) bond motifs is 1. The minimum Gasteiger partial charge on any atom is -0.368 e. The van der Waals surface area contributed by atoms with Gasteiger partial charge in [-0.1, -0.05) is 19.1 Å². The molecule has 1 aromatic carbocycles.